The van der Waals surface area contributed by atoms with Crippen molar-refractivity contribution in [1.82, 2.24) is 19.9 Å². The fourth-order valence-corrected chi connectivity index (χ4v) is 2.66. The number of aliphatic imine (C=N–C) groups is 1. The molecule has 0 atom stereocenters. The quantitative estimate of drug-likeness (QED) is 0.655. The van der Waals surface area contributed by atoms with Crippen molar-refractivity contribution >= 4 is 11.6 Å². The molecule has 0 aromatic carbocycles. The minimum atomic E-state index is 0.441. The molecule has 0 saturated heterocycles. The fourth-order valence-electron chi connectivity index (χ4n) is 2.66. The van der Waals surface area contributed by atoms with Gasteiger partial charge in [-0.15, -0.1) is 10.2 Å². The maximum atomic E-state index is 5.95. The predicted molar refractivity (Wildman–Crippen MR) is 78.3 cm³/mol. The Bertz CT molecular complexity index is 596. The van der Waals surface area contributed by atoms with Gasteiger partial charge >= 0.3 is 0 Å². The van der Waals surface area contributed by atoms with Gasteiger partial charge in [-0.2, -0.15) is 0 Å². The summed E-state index contributed by atoms with van der Waals surface area (Å²) in [4.78, 5) is 4.37. The second-order valence-electron chi connectivity index (χ2n) is 5.23. The van der Waals surface area contributed by atoms with Crippen LogP contribution in [0.25, 0.3) is 5.65 Å². The van der Waals surface area contributed by atoms with Gasteiger partial charge in [-0.05, 0) is 25.0 Å². The first-order chi connectivity index (χ1) is 9.83. The molecule has 20 heavy (non-hydrogen) atoms. The Labute approximate surface area is 118 Å². The number of hydrogen-bond acceptors (Lipinski definition) is 3. The molecule has 2 heterocycles. The van der Waals surface area contributed by atoms with Gasteiger partial charge in [-0.3, -0.25) is 4.40 Å². The van der Waals surface area contributed by atoms with Gasteiger partial charge in [0.1, 0.15) is 6.54 Å². The Kier molecular flexibility index (Phi) is 3.80. The van der Waals surface area contributed by atoms with Crippen LogP contribution in [0.5, 0.6) is 0 Å². The molecule has 3 N–H and O–H groups in total. The summed E-state index contributed by atoms with van der Waals surface area (Å²) in [5.41, 5.74) is 6.78. The molecular weight excluding hydrogens is 252 g/mol. The number of rotatable bonds is 3. The highest BCUT2D eigenvalue weighted by Crippen LogP contribution is 2.17. The maximum Gasteiger partial charge on any atom is 0.189 e. The zero-order chi connectivity index (χ0) is 13.8. The lowest BCUT2D eigenvalue weighted by atomic mass is 9.96. The molecule has 0 spiro atoms. The Morgan fingerprint density at radius 2 is 2.15 bits per heavy atom. The molecule has 2 aromatic rings. The normalized spacial score (nSPS) is 17.5. The largest absolute Gasteiger partial charge is 0.370 e. The minimum Gasteiger partial charge on any atom is -0.370 e. The Hall–Kier alpha value is -2.11. The summed E-state index contributed by atoms with van der Waals surface area (Å²) in [6, 6.07) is 6.29. The monoisotopic (exact) mass is 272 g/mol. The summed E-state index contributed by atoms with van der Waals surface area (Å²) in [6.07, 6.45) is 8.19. The molecule has 1 aliphatic rings. The van der Waals surface area contributed by atoms with Crippen molar-refractivity contribution in [1.29, 1.82) is 0 Å². The molecule has 0 bridgehead atoms. The summed E-state index contributed by atoms with van der Waals surface area (Å²) >= 11 is 0. The zero-order valence-electron chi connectivity index (χ0n) is 11.5. The van der Waals surface area contributed by atoms with Crippen LogP contribution in [0.1, 0.15) is 37.9 Å². The van der Waals surface area contributed by atoms with Crippen LogP contribution in [0.4, 0.5) is 0 Å². The molecule has 106 valence electrons. The summed E-state index contributed by atoms with van der Waals surface area (Å²) in [6.45, 7) is 0.441. The first-order valence-electron chi connectivity index (χ1n) is 7.18. The van der Waals surface area contributed by atoms with Crippen LogP contribution in [-0.4, -0.2) is 26.6 Å². The van der Waals surface area contributed by atoms with Crippen LogP contribution in [-0.2, 0) is 6.54 Å². The average Bonchev–Trinajstić information content (AvgIpc) is 2.89. The van der Waals surface area contributed by atoms with Crippen LogP contribution in [0, 0.1) is 0 Å². The Morgan fingerprint density at radius 3 is 3.00 bits per heavy atom. The fraction of sp³-hybridized carbons (Fsp3) is 0.500. The number of aromatic nitrogens is 3. The van der Waals surface area contributed by atoms with E-state index in [1.54, 1.807) is 0 Å². The van der Waals surface area contributed by atoms with Crippen molar-refractivity contribution in [3.05, 3.63) is 30.2 Å². The molecule has 0 radical (unpaired) electrons. The zero-order valence-corrected chi connectivity index (χ0v) is 11.5. The van der Waals surface area contributed by atoms with Crippen molar-refractivity contribution < 1.29 is 0 Å². The minimum absolute atomic E-state index is 0.441. The SMILES string of the molecule is NC(=NCc1nnc2ccccn12)NC1CCCCC1. The van der Waals surface area contributed by atoms with Gasteiger partial charge in [0.15, 0.2) is 17.4 Å². The topological polar surface area (TPSA) is 80.6 Å². The molecule has 0 amide bonds. The lowest BCUT2D eigenvalue weighted by Gasteiger charge is -2.23. The second kappa shape index (κ2) is 5.90. The van der Waals surface area contributed by atoms with Gasteiger partial charge < -0.3 is 11.1 Å². The Morgan fingerprint density at radius 1 is 1.30 bits per heavy atom. The van der Waals surface area contributed by atoms with Crippen molar-refractivity contribution in [2.45, 2.75) is 44.7 Å². The number of fused-ring (bicyclic) bond motifs is 1. The standard InChI is InChI=1S/C14H20N6/c15-14(17-11-6-2-1-3-7-11)16-10-13-19-18-12-8-4-5-9-20(12)13/h4-5,8-9,11H,1-3,6-7,10H2,(H3,15,16,17). The van der Waals surface area contributed by atoms with E-state index < -0.39 is 0 Å². The van der Waals surface area contributed by atoms with E-state index in [-0.39, 0.29) is 0 Å². The third kappa shape index (κ3) is 2.89. The predicted octanol–water partition coefficient (Wildman–Crippen LogP) is 1.47. The third-order valence-corrected chi connectivity index (χ3v) is 3.73. The van der Waals surface area contributed by atoms with Crippen molar-refractivity contribution in [3.8, 4) is 0 Å². The molecule has 1 saturated carbocycles. The van der Waals surface area contributed by atoms with E-state index in [0.717, 1.165) is 11.5 Å². The molecule has 6 nitrogen and oxygen atoms in total. The van der Waals surface area contributed by atoms with Gasteiger partial charge in [0.2, 0.25) is 0 Å². The molecular formula is C14H20N6. The summed E-state index contributed by atoms with van der Waals surface area (Å²) in [5.74, 6) is 1.30. The third-order valence-electron chi connectivity index (χ3n) is 3.73. The maximum absolute atomic E-state index is 5.95. The molecule has 0 aliphatic heterocycles. The highest BCUT2D eigenvalue weighted by atomic mass is 15.3. The molecule has 2 aromatic heterocycles. The lowest BCUT2D eigenvalue weighted by Crippen LogP contribution is -2.41. The van der Waals surface area contributed by atoms with Crippen molar-refractivity contribution in [2.75, 3.05) is 0 Å². The number of nitrogens with two attached hydrogens (primary N) is 1. The van der Waals surface area contributed by atoms with Crippen molar-refractivity contribution in [3.63, 3.8) is 0 Å². The number of guanidine groups is 1. The van der Waals surface area contributed by atoms with Gasteiger partial charge in [0.25, 0.3) is 0 Å². The van der Waals surface area contributed by atoms with E-state index in [0.29, 0.717) is 18.5 Å². The van der Waals surface area contributed by atoms with Crippen molar-refractivity contribution in [2.24, 2.45) is 10.7 Å². The van der Waals surface area contributed by atoms with E-state index in [1.807, 2.05) is 28.8 Å². The summed E-state index contributed by atoms with van der Waals surface area (Å²) in [5, 5.41) is 11.5. The van der Waals surface area contributed by atoms with Crippen LogP contribution in [0.2, 0.25) is 0 Å². The number of hydrogen-bond donors (Lipinski definition) is 2. The molecule has 6 heteroatoms. The average molecular weight is 272 g/mol. The van der Waals surface area contributed by atoms with E-state index >= 15 is 0 Å². The number of nitrogens with zero attached hydrogens (tertiary/aromatic N) is 4. The summed E-state index contributed by atoms with van der Waals surface area (Å²) < 4.78 is 1.93. The van der Waals surface area contributed by atoms with Crippen LogP contribution < -0.4 is 11.1 Å². The molecule has 1 aliphatic carbocycles. The van der Waals surface area contributed by atoms with Gasteiger partial charge in [0, 0.05) is 12.2 Å². The first kappa shape index (κ1) is 12.9. The number of nitrogens with one attached hydrogen (secondary N) is 1. The van der Waals surface area contributed by atoms with Crippen LogP contribution in [0.3, 0.4) is 0 Å². The van der Waals surface area contributed by atoms with Crippen LogP contribution >= 0.6 is 0 Å². The molecule has 0 unspecified atom stereocenters. The van der Waals surface area contributed by atoms with Gasteiger partial charge in [-0.1, -0.05) is 25.3 Å². The van der Waals surface area contributed by atoms with Gasteiger partial charge in [-0.25, -0.2) is 4.99 Å². The lowest BCUT2D eigenvalue weighted by molar-refractivity contribution is 0.412. The summed E-state index contributed by atoms with van der Waals surface area (Å²) in [7, 11) is 0. The van der Waals surface area contributed by atoms with E-state index in [9.17, 15) is 0 Å². The van der Waals surface area contributed by atoms with Crippen LogP contribution in [0.15, 0.2) is 29.4 Å². The van der Waals surface area contributed by atoms with E-state index in [4.69, 9.17) is 5.73 Å². The highest BCUT2D eigenvalue weighted by molar-refractivity contribution is 5.78. The number of pyridine rings is 1. The molecule has 3 rings (SSSR count). The smallest absolute Gasteiger partial charge is 0.189 e. The molecule has 1 fully saturated rings. The van der Waals surface area contributed by atoms with Gasteiger partial charge in [0.05, 0.1) is 0 Å². The first-order valence-corrected chi connectivity index (χ1v) is 7.18. The Balaban J connectivity index is 1.63. The second-order valence-corrected chi connectivity index (χ2v) is 5.23. The van der Waals surface area contributed by atoms with E-state index in [2.05, 4.69) is 20.5 Å². The van der Waals surface area contributed by atoms with E-state index in [1.165, 1.54) is 32.1 Å². The highest BCUT2D eigenvalue weighted by Gasteiger charge is 2.13.